The quantitative estimate of drug-likeness (QED) is 0.681. The summed E-state index contributed by atoms with van der Waals surface area (Å²) in [7, 11) is 3.81. The van der Waals surface area contributed by atoms with Crippen molar-refractivity contribution in [2.45, 2.75) is 12.5 Å². The fourth-order valence-electron chi connectivity index (χ4n) is 4.22. The van der Waals surface area contributed by atoms with Crippen LogP contribution in [-0.4, -0.2) is 69.3 Å². The van der Waals surface area contributed by atoms with E-state index in [9.17, 15) is 9.59 Å². The van der Waals surface area contributed by atoms with Crippen molar-refractivity contribution in [2.24, 2.45) is 7.05 Å². The van der Waals surface area contributed by atoms with E-state index in [0.717, 1.165) is 28.7 Å². The highest BCUT2D eigenvalue weighted by atomic mass is 16.2. The van der Waals surface area contributed by atoms with Crippen LogP contribution < -0.4 is 4.90 Å². The molecule has 0 radical (unpaired) electrons. The third kappa shape index (κ3) is 2.95. The molecule has 0 atom stereocenters. The van der Waals surface area contributed by atoms with Gasteiger partial charge in [-0.25, -0.2) is 4.79 Å². The van der Waals surface area contributed by atoms with Gasteiger partial charge in [0.05, 0.1) is 24.3 Å². The number of rotatable bonds is 4. The van der Waals surface area contributed by atoms with E-state index in [-0.39, 0.29) is 18.0 Å². The van der Waals surface area contributed by atoms with Crippen LogP contribution in [0.2, 0.25) is 0 Å². The minimum Gasteiger partial charge on any atom is -0.350 e. The number of hydrogen-bond donors (Lipinski definition) is 0. The van der Waals surface area contributed by atoms with Gasteiger partial charge in [0, 0.05) is 63.6 Å². The number of likely N-dealkylation sites (N-methyl/N-ethyl adjacent to an activating group) is 1. The number of aryl methyl sites for hydroxylation is 1. The van der Waals surface area contributed by atoms with Gasteiger partial charge < -0.3 is 14.4 Å². The van der Waals surface area contributed by atoms with Gasteiger partial charge in [-0.05, 0) is 11.6 Å². The molecule has 2 saturated heterocycles. The minimum atomic E-state index is 0.00468. The van der Waals surface area contributed by atoms with Gasteiger partial charge in [0.15, 0.2) is 0 Å². The SMILES string of the molecule is CN1CCN(c2cnn(C3CN(C(=O)Cc4cn(C)c5ccccc45)C3)c2)C1=O. The second kappa shape index (κ2) is 6.65. The number of anilines is 1. The number of amides is 3. The van der Waals surface area contributed by atoms with Crippen molar-refractivity contribution < 1.29 is 9.59 Å². The molecule has 0 aliphatic carbocycles. The number of para-hydroxylation sites is 1. The van der Waals surface area contributed by atoms with Crippen LogP contribution >= 0.6 is 0 Å². The first-order chi connectivity index (χ1) is 14.0. The van der Waals surface area contributed by atoms with Crippen LogP contribution in [-0.2, 0) is 18.3 Å². The third-order valence-electron chi connectivity index (χ3n) is 6.03. The van der Waals surface area contributed by atoms with Crippen LogP contribution in [0.15, 0.2) is 42.9 Å². The summed E-state index contributed by atoms with van der Waals surface area (Å²) in [5.41, 5.74) is 3.03. The number of aromatic nitrogens is 3. The molecule has 2 aromatic heterocycles. The number of carbonyl (C=O) groups is 2. The highest BCUT2D eigenvalue weighted by Gasteiger charge is 2.34. The lowest BCUT2D eigenvalue weighted by Crippen LogP contribution is -2.51. The maximum Gasteiger partial charge on any atom is 0.324 e. The molecular weight excluding hydrogens is 368 g/mol. The largest absolute Gasteiger partial charge is 0.350 e. The monoisotopic (exact) mass is 392 g/mol. The summed E-state index contributed by atoms with van der Waals surface area (Å²) in [5, 5.41) is 5.56. The van der Waals surface area contributed by atoms with Gasteiger partial charge in [0.25, 0.3) is 0 Å². The number of hydrogen-bond acceptors (Lipinski definition) is 3. The molecule has 3 amide bonds. The van der Waals surface area contributed by atoms with E-state index >= 15 is 0 Å². The number of benzene rings is 1. The molecule has 4 heterocycles. The van der Waals surface area contributed by atoms with Gasteiger partial charge in [0.1, 0.15) is 0 Å². The van der Waals surface area contributed by atoms with Gasteiger partial charge in [-0.3, -0.25) is 14.4 Å². The first-order valence-electron chi connectivity index (χ1n) is 9.89. The van der Waals surface area contributed by atoms with Crippen LogP contribution in [0.1, 0.15) is 11.6 Å². The number of nitrogens with zero attached hydrogens (tertiary/aromatic N) is 6. The van der Waals surface area contributed by atoms with Crippen molar-refractivity contribution in [1.82, 2.24) is 24.1 Å². The predicted molar refractivity (Wildman–Crippen MR) is 110 cm³/mol. The molecule has 0 bridgehead atoms. The van der Waals surface area contributed by atoms with E-state index in [0.29, 0.717) is 26.1 Å². The molecule has 0 unspecified atom stereocenters. The van der Waals surface area contributed by atoms with E-state index in [1.54, 1.807) is 23.0 Å². The summed E-state index contributed by atoms with van der Waals surface area (Å²) in [6.07, 6.45) is 6.10. The highest BCUT2D eigenvalue weighted by Crippen LogP contribution is 2.27. The standard InChI is InChI=1S/C21H24N6O2/c1-23-7-8-26(21(23)29)16-10-22-27(14-16)17-12-25(13-17)20(28)9-15-11-24(2)19-6-4-3-5-18(15)19/h3-6,10-11,14,17H,7-9,12-13H2,1-2H3. The fraction of sp³-hybridized carbons (Fsp3) is 0.381. The Labute approximate surface area is 168 Å². The Morgan fingerprint density at radius 2 is 1.93 bits per heavy atom. The first kappa shape index (κ1) is 17.8. The second-order valence-corrected chi connectivity index (χ2v) is 7.95. The lowest BCUT2D eigenvalue weighted by molar-refractivity contribution is -0.136. The molecule has 3 aromatic rings. The van der Waals surface area contributed by atoms with Crippen LogP contribution in [0.5, 0.6) is 0 Å². The third-order valence-corrected chi connectivity index (χ3v) is 6.03. The Balaban J connectivity index is 1.22. The number of likely N-dealkylation sites (tertiary alicyclic amines) is 1. The van der Waals surface area contributed by atoms with Crippen LogP contribution in [0, 0.1) is 0 Å². The summed E-state index contributed by atoms with van der Waals surface area (Å²) in [6.45, 7) is 2.71. The van der Waals surface area contributed by atoms with E-state index in [4.69, 9.17) is 0 Å². The summed E-state index contributed by atoms with van der Waals surface area (Å²) in [5.74, 6) is 0.140. The zero-order valence-corrected chi connectivity index (χ0v) is 16.7. The minimum absolute atomic E-state index is 0.00468. The lowest BCUT2D eigenvalue weighted by Gasteiger charge is -2.39. The van der Waals surface area contributed by atoms with Gasteiger partial charge in [-0.1, -0.05) is 18.2 Å². The second-order valence-electron chi connectivity index (χ2n) is 7.95. The van der Waals surface area contributed by atoms with Crippen molar-refractivity contribution >= 4 is 28.5 Å². The summed E-state index contributed by atoms with van der Waals surface area (Å²) in [4.78, 5) is 30.2. The van der Waals surface area contributed by atoms with Crippen molar-refractivity contribution in [3.05, 3.63) is 48.4 Å². The highest BCUT2D eigenvalue weighted by molar-refractivity contribution is 5.93. The Bertz CT molecular complexity index is 1090. The van der Waals surface area contributed by atoms with Gasteiger partial charge in [-0.15, -0.1) is 0 Å². The Kier molecular flexibility index (Phi) is 4.08. The molecule has 150 valence electrons. The van der Waals surface area contributed by atoms with Crippen molar-refractivity contribution in [3.8, 4) is 0 Å². The Morgan fingerprint density at radius 3 is 2.69 bits per heavy atom. The summed E-state index contributed by atoms with van der Waals surface area (Å²) < 4.78 is 3.95. The summed E-state index contributed by atoms with van der Waals surface area (Å²) >= 11 is 0. The van der Waals surface area contributed by atoms with E-state index in [1.165, 1.54) is 0 Å². The topological polar surface area (TPSA) is 66.6 Å². The molecular formula is C21H24N6O2. The molecule has 0 N–H and O–H groups in total. The molecule has 8 nitrogen and oxygen atoms in total. The number of carbonyl (C=O) groups excluding carboxylic acids is 2. The molecule has 5 rings (SSSR count). The molecule has 29 heavy (non-hydrogen) atoms. The van der Waals surface area contributed by atoms with E-state index in [2.05, 4.69) is 21.8 Å². The average Bonchev–Trinajstić information content (AvgIpc) is 3.35. The molecule has 1 aromatic carbocycles. The molecule has 0 spiro atoms. The number of fused-ring (bicyclic) bond motifs is 1. The Morgan fingerprint density at radius 1 is 1.14 bits per heavy atom. The first-order valence-corrected chi connectivity index (χ1v) is 9.89. The number of urea groups is 1. The van der Waals surface area contributed by atoms with Gasteiger partial charge >= 0.3 is 6.03 Å². The smallest absolute Gasteiger partial charge is 0.324 e. The molecule has 2 aliphatic heterocycles. The predicted octanol–water partition coefficient (Wildman–Crippen LogP) is 1.87. The van der Waals surface area contributed by atoms with Gasteiger partial charge in [-0.2, -0.15) is 5.10 Å². The fourth-order valence-corrected chi connectivity index (χ4v) is 4.22. The average molecular weight is 392 g/mol. The Hall–Kier alpha value is -3.29. The van der Waals surface area contributed by atoms with Crippen LogP contribution in [0.3, 0.4) is 0 Å². The maximum absolute atomic E-state index is 12.7. The lowest BCUT2D eigenvalue weighted by atomic mass is 10.1. The van der Waals surface area contributed by atoms with Crippen LogP contribution in [0.25, 0.3) is 10.9 Å². The molecule has 2 aliphatic rings. The van der Waals surface area contributed by atoms with Crippen molar-refractivity contribution in [1.29, 1.82) is 0 Å². The van der Waals surface area contributed by atoms with Crippen LogP contribution in [0.4, 0.5) is 10.5 Å². The van der Waals surface area contributed by atoms with E-state index < -0.39 is 0 Å². The van der Waals surface area contributed by atoms with Crippen molar-refractivity contribution in [2.75, 3.05) is 38.1 Å². The molecule has 0 saturated carbocycles. The normalized spacial score (nSPS) is 17.4. The zero-order chi connectivity index (χ0) is 20.1. The van der Waals surface area contributed by atoms with E-state index in [1.807, 2.05) is 41.2 Å². The summed E-state index contributed by atoms with van der Waals surface area (Å²) in [6, 6.07) is 8.33. The van der Waals surface area contributed by atoms with Gasteiger partial charge in [0.2, 0.25) is 5.91 Å². The zero-order valence-electron chi connectivity index (χ0n) is 16.7. The maximum atomic E-state index is 12.7. The molecule has 8 heteroatoms. The van der Waals surface area contributed by atoms with Crippen molar-refractivity contribution in [3.63, 3.8) is 0 Å². The molecule has 2 fully saturated rings.